The zero-order chi connectivity index (χ0) is 23.5. The van der Waals surface area contributed by atoms with Crippen molar-refractivity contribution in [1.29, 1.82) is 0 Å². The molecule has 2 aromatic carbocycles. The van der Waals surface area contributed by atoms with Gasteiger partial charge in [0.15, 0.2) is 0 Å². The quantitative estimate of drug-likeness (QED) is 0.537. The molecular formula is C21H15ClF3N3O4. The number of nitrogens with one attached hydrogen (secondary N) is 1. The van der Waals surface area contributed by atoms with Gasteiger partial charge < -0.3 is 15.2 Å². The lowest BCUT2D eigenvalue weighted by Gasteiger charge is -2.17. The summed E-state index contributed by atoms with van der Waals surface area (Å²) in [6, 6.07) is 8.31. The third-order valence-electron chi connectivity index (χ3n) is 4.26. The van der Waals surface area contributed by atoms with Crippen molar-refractivity contribution in [1.82, 2.24) is 15.3 Å². The molecule has 1 amide bonds. The Morgan fingerprint density at radius 3 is 2.34 bits per heavy atom. The van der Waals surface area contributed by atoms with E-state index in [2.05, 4.69) is 20.0 Å². The highest BCUT2D eigenvalue weighted by Crippen LogP contribution is 2.28. The number of benzene rings is 2. The van der Waals surface area contributed by atoms with Crippen LogP contribution in [-0.4, -0.2) is 33.3 Å². The van der Waals surface area contributed by atoms with Crippen molar-refractivity contribution in [3.05, 3.63) is 76.7 Å². The second kappa shape index (κ2) is 9.23. The molecule has 0 fully saturated rings. The van der Waals surface area contributed by atoms with Crippen LogP contribution >= 0.6 is 11.6 Å². The van der Waals surface area contributed by atoms with Crippen molar-refractivity contribution in [3.63, 3.8) is 0 Å². The Labute approximate surface area is 184 Å². The van der Waals surface area contributed by atoms with Crippen LogP contribution in [0.15, 0.2) is 54.9 Å². The molecule has 1 unspecified atom stereocenters. The molecule has 1 aromatic heterocycles. The first-order valence-corrected chi connectivity index (χ1v) is 9.43. The molecule has 7 nitrogen and oxygen atoms in total. The monoisotopic (exact) mass is 465 g/mol. The van der Waals surface area contributed by atoms with Crippen LogP contribution in [0.2, 0.25) is 5.02 Å². The Morgan fingerprint density at radius 2 is 1.72 bits per heavy atom. The van der Waals surface area contributed by atoms with Gasteiger partial charge in [-0.3, -0.25) is 14.8 Å². The first kappa shape index (κ1) is 23.0. The predicted molar refractivity (Wildman–Crippen MR) is 108 cm³/mol. The summed E-state index contributed by atoms with van der Waals surface area (Å²) < 4.78 is 41.3. The Hall–Kier alpha value is -3.66. The van der Waals surface area contributed by atoms with Crippen molar-refractivity contribution >= 4 is 23.5 Å². The van der Waals surface area contributed by atoms with E-state index in [1.54, 1.807) is 19.1 Å². The molecule has 11 heteroatoms. The number of ether oxygens (including phenoxy) is 1. The average Bonchev–Trinajstić information content (AvgIpc) is 2.72. The van der Waals surface area contributed by atoms with E-state index in [1.165, 1.54) is 30.6 Å². The minimum Gasteiger partial charge on any atom is -0.478 e. The van der Waals surface area contributed by atoms with Crippen LogP contribution in [0.3, 0.4) is 0 Å². The van der Waals surface area contributed by atoms with Crippen molar-refractivity contribution in [2.75, 3.05) is 0 Å². The molecule has 1 heterocycles. The third kappa shape index (κ3) is 5.73. The number of carboxylic acid groups (broad SMARTS) is 1. The number of nitrogens with zero attached hydrogens (tertiary/aromatic N) is 2. The number of hydrogen-bond acceptors (Lipinski definition) is 5. The Kier molecular flexibility index (Phi) is 6.64. The molecule has 1 atom stereocenters. The number of aromatic nitrogens is 2. The summed E-state index contributed by atoms with van der Waals surface area (Å²) in [6.07, 6.45) is -2.07. The second-order valence-electron chi connectivity index (χ2n) is 6.59. The molecule has 32 heavy (non-hydrogen) atoms. The fraction of sp³-hybridized carbons (Fsp3) is 0.143. The molecule has 0 aliphatic heterocycles. The lowest BCUT2D eigenvalue weighted by atomic mass is 10.0. The van der Waals surface area contributed by atoms with E-state index in [0.29, 0.717) is 17.0 Å². The van der Waals surface area contributed by atoms with Crippen molar-refractivity contribution in [3.8, 4) is 17.0 Å². The molecule has 0 saturated heterocycles. The number of carboxylic acids is 1. The third-order valence-corrected chi connectivity index (χ3v) is 4.47. The molecule has 0 spiro atoms. The summed E-state index contributed by atoms with van der Waals surface area (Å²) >= 11 is 5.83. The summed E-state index contributed by atoms with van der Waals surface area (Å²) in [6.45, 7) is 1.62. The van der Waals surface area contributed by atoms with Crippen molar-refractivity contribution in [2.45, 2.75) is 19.3 Å². The van der Waals surface area contributed by atoms with Gasteiger partial charge in [0.1, 0.15) is 5.75 Å². The van der Waals surface area contributed by atoms with Gasteiger partial charge in [0.25, 0.3) is 5.91 Å². The summed E-state index contributed by atoms with van der Waals surface area (Å²) in [4.78, 5) is 32.2. The Balaban J connectivity index is 1.84. The fourth-order valence-electron chi connectivity index (χ4n) is 2.89. The standard InChI is InChI=1S/C21H15ClF3N3O4/c1-11(28-19(29)14-8-15(22)10-16(9-14)32-21(23,24)25)17-18(27-7-6-26-17)12-2-4-13(5-3-12)20(30)31/h2-11H,1H3,(H,28,29)(H,30,31). The maximum atomic E-state index is 12.6. The number of rotatable bonds is 6. The van der Waals surface area contributed by atoms with E-state index in [0.717, 1.165) is 12.1 Å². The lowest BCUT2D eigenvalue weighted by Crippen LogP contribution is -2.28. The maximum absolute atomic E-state index is 12.6. The second-order valence-corrected chi connectivity index (χ2v) is 7.03. The SMILES string of the molecule is CC(NC(=O)c1cc(Cl)cc(OC(F)(F)F)c1)c1nccnc1-c1ccc(C(=O)O)cc1. The Bertz CT molecular complexity index is 1150. The molecule has 3 rings (SSSR count). The van der Waals surface area contributed by atoms with Gasteiger partial charge in [-0.05, 0) is 37.3 Å². The van der Waals surface area contributed by atoms with E-state index in [4.69, 9.17) is 16.7 Å². The zero-order valence-corrected chi connectivity index (χ0v) is 17.1. The first-order valence-electron chi connectivity index (χ1n) is 9.05. The molecule has 3 aromatic rings. The van der Waals surface area contributed by atoms with Crippen LogP contribution in [-0.2, 0) is 0 Å². The van der Waals surface area contributed by atoms with Gasteiger partial charge in [-0.15, -0.1) is 13.2 Å². The van der Waals surface area contributed by atoms with Crippen molar-refractivity contribution < 1.29 is 32.6 Å². The highest BCUT2D eigenvalue weighted by atomic mass is 35.5. The maximum Gasteiger partial charge on any atom is 0.573 e. The number of amides is 1. The highest BCUT2D eigenvalue weighted by molar-refractivity contribution is 6.31. The van der Waals surface area contributed by atoms with Crippen LogP contribution in [0.1, 0.15) is 39.4 Å². The number of halogens is 4. The number of carbonyl (C=O) groups excluding carboxylic acids is 1. The lowest BCUT2D eigenvalue weighted by molar-refractivity contribution is -0.274. The van der Waals surface area contributed by atoms with E-state index in [9.17, 15) is 22.8 Å². The van der Waals surface area contributed by atoms with Crippen LogP contribution in [0.5, 0.6) is 5.75 Å². The largest absolute Gasteiger partial charge is 0.573 e. The van der Waals surface area contributed by atoms with Crippen LogP contribution < -0.4 is 10.1 Å². The molecular weight excluding hydrogens is 451 g/mol. The van der Waals surface area contributed by atoms with Crippen LogP contribution in [0.25, 0.3) is 11.3 Å². The molecule has 166 valence electrons. The summed E-state index contributed by atoms with van der Waals surface area (Å²) in [5.74, 6) is -2.40. The van der Waals surface area contributed by atoms with Crippen LogP contribution in [0, 0.1) is 0 Å². The van der Waals surface area contributed by atoms with Gasteiger partial charge in [-0.25, -0.2) is 4.79 Å². The molecule has 0 aliphatic rings. The number of aromatic carboxylic acids is 1. The highest BCUT2D eigenvalue weighted by Gasteiger charge is 2.31. The minimum absolute atomic E-state index is 0.0957. The van der Waals surface area contributed by atoms with Crippen molar-refractivity contribution in [2.24, 2.45) is 0 Å². The number of alkyl halides is 3. The Morgan fingerprint density at radius 1 is 1.06 bits per heavy atom. The molecule has 0 saturated carbocycles. The summed E-state index contributed by atoms with van der Waals surface area (Å²) in [7, 11) is 0. The number of hydrogen-bond donors (Lipinski definition) is 2. The van der Waals surface area contributed by atoms with Gasteiger partial charge >= 0.3 is 12.3 Å². The predicted octanol–water partition coefficient (Wildman–Crippen LogP) is 4.88. The molecule has 0 aliphatic carbocycles. The molecule has 0 radical (unpaired) electrons. The van der Waals surface area contributed by atoms with Gasteiger partial charge in [0.05, 0.1) is 23.0 Å². The van der Waals surface area contributed by atoms with Gasteiger partial charge in [-0.1, -0.05) is 23.7 Å². The summed E-state index contributed by atoms with van der Waals surface area (Å²) in [5.41, 5.74) is 1.31. The van der Waals surface area contributed by atoms with Gasteiger partial charge in [-0.2, -0.15) is 0 Å². The average molecular weight is 466 g/mol. The van der Waals surface area contributed by atoms with E-state index in [-0.39, 0.29) is 16.1 Å². The normalized spacial score (nSPS) is 12.2. The smallest absolute Gasteiger partial charge is 0.478 e. The molecule has 2 N–H and O–H groups in total. The van der Waals surface area contributed by atoms with Crippen LogP contribution in [0.4, 0.5) is 13.2 Å². The van der Waals surface area contributed by atoms with E-state index in [1.807, 2.05) is 0 Å². The zero-order valence-electron chi connectivity index (χ0n) is 16.4. The molecule has 0 bridgehead atoms. The minimum atomic E-state index is -4.93. The fourth-order valence-corrected chi connectivity index (χ4v) is 3.12. The van der Waals surface area contributed by atoms with E-state index >= 15 is 0 Å². The topological polar surface area (TPSA) is 101 Å². The van der Waals surface area contributed by atoms with E-state index < -0.39 is 30.0 Å². The summed E-state index contributed by atoms with van der Waals surface area (Å²) in [5, 5.41) is 11.6. The first-order chi connectivity index (χ1) is 15.0. The number of carbonyl (C=O) groups is 2. The van der Waals surface area contributed by atoms with Gasteiger partial charge in [0, 0.05) is 28.5 Å². The van der Waals surface area contributed by atoms with Gasteiger partial charge in [0.2, 0.25) is 0 Å².